The van der Waals surface area contributed by atoms with Gasteiger partial charge in [-0.3, -0.25) is 4.79 Å². The molecule has 0 aliphatic carbocycles. The van der Waals surface area contributed by atoms with Gasteiger partial charge in [0.05, 0.1) is 10.7 Å². The van der Waals surface area contributed by atoms with Crippen LogP contribution >= 0.6 is 11.6 Å². The van der Waals surface area contributed by atoms with E-state index in [4.69, 9.17) is 17.3 Å². The SMILES string of the molecule is CC1(C)C(=O)NCCN1S(=O)(=O)c1cc(N)c(F)cc1Cl. The molecule has 1 aliphatic rings. The Bertz CT molecular complexity index is 706. The molecule has 1 heterocycles. The van der Waals surface area contributed by atoms with E-state index in [9.17, 15) is 17.6 Å². The van der Waals surface area contributed by atoms with Crippen LogP contribution in [0.1, 0.15) is 13.8 Å². The van der Waals surface area contributed by atoms with Gasteiger partial charge in [0.25, 0.3) is 0 Å². The number of nitrogen functional groups attached to an aromatic ring is 1. The number of anilines is 1. The summed E-state index contributed by atoms with van der Waals surface area (Å²) in [6.45, 7) is 3.25. The lowest BCUT2D eigenvalue weighted by Crippen LogP contribution is -2.63. The largest absolute Gasteiger partial charge is 0.396 e. The van der Waals surface area contributed by atoms with Crippen LogP contribution in [0.4, 0.5) is 10.1 Å². The molecule has 1 amide bonds. The smallest absolute Gasteiger partial charge is 0.245 e. The fraction of sp³-hybridized carbons (Fsp3) is 0.417. The van der Waals surface area contributed by atoms with E-state index >= 15 is 0 Å². The van der Waals surface area contributed by atoms with Crippen molar-refractivity contribution in [3.05, 3.63) is 23.0 Å². The Hall–Kier alpha value is -1.38. The van der Waals surface area contributed by atoms with Gasteiger partial charge in [-0.1, -0.05) is 11.6 Å². The van der Waals surface area contributed by atoms with Crippen molar-refractivity contribution >= 4 is 33.2 Å². The summed E-state index contributed by atoms with van der Waals surface area (Å²) in [5, 5.41) is 2.32. The quantitative estimate of drug-likeness (QED) is 0.787. The van der Waals surface area contributed by atoms with Gasteiger partial charge < -0.3 is 11.1 Å². The van der Waals surface area contributed by atoms with Crippen LogP contribution in [-0.2, 0) is 14.8 Å². The van der Waals surface area contributed by atoms with Gasteiger partial charge in [0, 0.05) is 13.1 Å². The first-order valence-corrected chi connectivity index (χ1v) is 7.96. The van der Waals surface area contributed by atoms with Crippen molar-refractivity contribution in [2.75, 3.05) is 18.8 Å². The molecule has 1 aromatic carbocycles. The monoisotopic (exact) mass is 335 g/mol. The highest BCUT2D eigenvalue weighted by molar-refractivity contribution is 7.89. The Kier molecular flexibility index (Phi) is 3.90. The van der Waals surface area contributed by atoms with Crippen LogP contribution in [0.2, 0.25) is 5.02 Å². The number of hydrogen-bond donors (Lipinski definition) is 2. The summed E-state index contributed by atoms with van der Waals surface area (Å²) in [5.74, 6) is -1.21. The van der Waals surface area contributed by atoms with Crippen molar-refractivity contribution in [3.8, 4) is 0 Å². The van der Waals surface area contributed by atoms with Crippen molar-refractivity contribution < 1.29 is 17.6 Å². The lowest BCUT2D eigenvalue weighted by Gasteiger charge is -2.40. The number of sulfonamides is 1. The normalized spacial score (nSPS) is 19.3. The molecule has 0 aromatic heterocycles. The molecule has 0 bridgehead atoms. The maximum Gasteiger partial charge on any atom is 0.245 e. The number of hydrogen-bond acceptors (Lipinski definition) is 4. The second-order valence-electron chi connectivity index (χ2n) is 5.20. The summed E-state index contributed by atoms with van der Waals surface area (Å²) >= 11 is 5.83. The molecule has 2 rings (SSSR count). The molecule has 0 atom stereocenters. The average molecular weight is 336 g/mol. The van der Waals surface area contributed by atoms with Crippen LogP contribution in [0.25, 0.3) is 0 Å². The van der Waals surface area contributed by atoms with E-state index < -0.39 is 27.3 Å². The van der Waals surface area contributed by atoms with Crippen LogP contribution in [0.3, 0.4) is 0 Å². The standard InChI is InChI=1S/C12H15ClFN3O3S/c1-12(2)11(18)16-3-4-17(12)21(19,20)10-6-9(15)8(14)5-7(10)13/h5-6H,3-4,15H2,1-2H3,(H,16,18). The van der Waals surface area contributed by atoms with Gasteiger partial charge in [-0.15, -0.1) is 0 Å². The molecular formula is C12H15ClFN3O3S. The second kappa shape index (κ2) is 5.11. The van der Waals surface area contributed by atoms with E-state index in [0.717, 1.165) is 16.4 Å². The molecule has 0 spiro atoms. The van der Waals surface area contributed by atoms with Crippen LogP contribution in [0.5, 0.6) is 0 Å². The molecule has 0 radical (unpaired) electrons. The number of nitrogens with zero attached hydrogens (tertiary/aromatic N) is 1. The van der Waals surface area contributed by atoms with E-state index in [1.54, 1.807) is 0 Å². The second-order valence-corrected chi connectivity index (χ2v) is 7.43. The van der Waals surface area contributed by atoms with Crippen molar-refractivity contribution in [3.63, 3.8) is 0 Å². The number of piperazine rings is 1. The minimum Gasteiger partial charge on any atom is -0.396 e. The number of amides is 1. The highest BCUT2D eigenvalue weighted by Crippen LogP contribution is 2.32. The number of carbonyl (C=O) groups excluding carboxylic acids is 1. The molecule has 0 unspecified atom stereocenters. The number of nitrogens with two attached hydrogens (primary N) is 1. The van der Waals surface area contributed by atoms with Gasteiger partial charge in [-0.25, -0.2) is 12.8 Å². The van der Waals surface area contributed by atoms with E-state index in [1.165, 1.54) is 13.8 Å². The minimum atomic E-state index is -4.08. The number of benzene rings is 1. The predicted molar refractivity (Wildman–Crippen MR) is 76.8 cm³/mol. The lowest BCUT2D eigenvalue weighted by atomic mass is 10.0. The maximum absolute atomic E-state index is 13.3. The van der Waals surface area contributed by atoms with Crippen molar-refractivity contribution in [1.29, 1.82) is 0 Å². The fourth-order valence-electron chi connectivity index (χ4n) is 2.16. The maximum atomic E-state index is 13.3. The van der Waals surface area contributed by atoms with Gasteiger partial charge in [0.2, 0.25) is 15.9 Å². The van der Waals surface area contributed by atoms with E-state index in [1.807, 2.05) is 0 Å². The summed E-state index contributed by atoms with van der Waals surface area (Å²) in [6.07, 6.45) is 0. The lowest BCUT2D eigenvalue weighted by molar-refractivity contribution is -0.131. The highest BCUT2D eigenvalue weighted by atomic mass is 35.5. The first-order chi connectivity index (χ1) is 9.58. The molecule has 0 saturated carbocycles. The van der Waals surface area contributed by atoms with E-state index in [0.29, 0.717) is 0 Å². The van der Waals surface area contributed by atoms with Crippen LogP contribution in [0, 0.1) is 5.82 Å². The molecule has 6 nitrogen and oxygen atoms in total. The summed E-state index contributed by atoms with van der Waals surface area (Å²) in [6, 6.07) is 1.82. The first-order valence-electron chi connectivity index (χ1n) is 6.14. The average Bonchev–Trinajstić information content (AvgIpc) is 2.36. The van der Waals surface area contributed by atoms with Gasteiger partial charge in [0.1, 0.15) is 16.3 Å². The topological polar surface area (TPSA) is 92.5 Å². The number of rotatable bonds is 2. The Morgan fingerprint density at radius 1 is 1.43 bits per heavy atom. The molecule has 116 valence electrons. The third-order valence-electron chi connectivity index (χ3n) is 3.40. The van der Waals surface area contributed by atoms with Crippen molar-refractivity contribution in [2.24, 2.45) is 0 Å². The number of halogens is 2. The van der Waals surface area contributed by atoms with Crippen LogP contribution < -0.4 is 11.1 Å². The molecule has 3 N–H and O–H groups in total. The Morgan fingerprint density at radius 3 is 2.67 bits per heavy atom. The molecule has 1 aromatic rings. The van der Waals surface area contributed by atoms with Gasteiger partial charge >= 0.3 is 0 Å². The van der Waals surface area contributed by atoms with Crippen molar-refractivity contribution in [1.82, 2.24) is 9.62 Å². The summed E-state index contributed by atoms with van der Waals surface area (Å²) in [4.78, 5) is 11.6. The zero-order valence-corrected chi connectivity index (χ0v) is 13.1. The molecular weight excluding hydrogens is 321 g/mol. The Balaban J connectivity index is 2.57. The van der Waals surface area contributed by atoms with Crippen molar-refractivity contribution in [2.45, 2.75) is 24.3 Å². The summed E-state index contributed by atoms with van der Waals surface area (Å²) in [5.41, 5.74) is 3.82. The number of carbonyl (C=O) groups is 1. The molecule has 21 heavy (non-hydrogen) atoms. The zero-order chi connectivity index (χ0) is 16.0. The number of nitrogens with one attached hydrogen (secondary N) is 1. The highest BCUT2D eigenvalue weighted by Gasteiger charge is 2.45. The third kappa shape index (κ3) is 2.58. The van der Waals surface area contributed by atoms with Crippen LogP contribution in [0.15, 0.2) is 17.0 Å². The van der Waals surface area contributed by atoms with Gasteiger partial charge in [0.15, 0.2) is 0 Å². The Labute approximate surface area is 127 Å². The van der Waals surface area contributed by atoms with E-state index in [-0.39, 0.29) is 28.7 Å². The molecule has 1 saturated heterocycles. The zero-order valence-electron chi connectivity index (χ0n) is 11.5. The summed E-state index contributed by atoms with van der Waals surface area (Å²) < 4.78 is 39.8. The Morgan fingerprint density at radius 2 is 2.05 bits per heavy atom. The first kappa shape index (κ1) is 16.0. The predicted octanol–water partition coefficient (Wildman–Crippen LogP) is 0.960. The molecule has 1 fully saturated rings. The fourth-order valence-corrected chi connectivity index (χ4v) is 4.44. The van der Waals surface area contributed by atoms with E-state index in [2.05, 4.69) is 5.32 Å². The molecule has 9 heteroatoms. The molecule has 1 aliphatic heterocycles. The minimum absolute atomic E-state index is 0.0919. The summed E-state index contributed by atoms with van der Waals surface area (Å²) in [7, 11) is -4.08. The van der Waals surface area contributed by atoms with Gasteiger partial charge in [-0.2, -0.15) is 4.31 Å². The van der Waals surface area contributed by atoms with Crippen LogP contribution in [-0.4, -0.2) is 37.3 Å². The third-order valence-corrected chi connectivity index (χ3v) is 5.94. The van der Waals surface area contributed by atoms with Gasteiger partial charge in [-0.05, 0) is 26.0 Å².